The van der Waals surface area contributed by atoms with E-state index in [1.54, 1.807) is 0 Å². The second-order valence-electron chi connectivity index (χ2n) is 7.73. The Hall–Kier alpha value is 0. The summed E-state index contributed by atoms with van der Waals surface area (Å²) in [6.45, 7) is 14.9. The topological polar surface area (TPSA) is 0 Å². The van der Waals surface area contributed by atoms with Crippen LogP contribution >= 0.6 is 0 Å². The quantitative estimate of drug-likeness (QED) is 0.605. The molecule has 4 atom stereocenters. The minimum atomic E-state index is 0.653. The van der Waals surface area contributed by atoms with E-state index in [1.807, 2.05) is 0 Å². The van der Waals surface area contributed by atoms with E-state index >= 15 is 0 Å². The molecule has 2 aliphatic carbocycles. The van der Waals surface area contributed by atoms with Crippen LogP contribution in [0.3, 0.4) is 0 Å². The fourth-order valence-electron chi connectivity index (χ4n) is 5.64. The molecule has 0 saturated heterocycles. The van der Waals surface area contributed by atoms with Crippen LogP contribution in [0, 0.1) is 34.5 Å². The summed E-state index contributed by atoms with van der Waals surface area (Å²) in [6, 6.07) is 0. The van der Waals surface area contributed by atoms with E-state index in [1.165, 1.54) is 32.1 Å². The molecule has 17 heavy (non-hydrogen) atoms. The van der Waals surface area contributed by atoms with Crippen LogP contribution < -0.4 is 0 Å². The monoisotopic (exact) mass is 236 g/mol. The molecular formula is C17H32. The maximum atomic E-state index is 2.51. The smallest absolute Gasteiger partial charge is 0.0238 e. The molecule has 0 radical (unpaired) electrons. The first kappa shape index (κ1) is 13.4. The summed E-state index contributed by atoms with van der Waals surface area (Å²) in [7, 11) is 0. The van der Waals surface area contributed by atoms with E-state index in [0.717, 1.165) is 23.7 Å². The van der Waals surface area contributed by atoms with Gasteiger partial charge in [-0.1, -0.05) is 41.5 Å². The predicted molar refractivity (Wildman–Crippen MR) is 76.0 cm³/mol. The Labute approximate surface area is 109 Å². The molecule has 0 aliphatic heterocycles. The van der Waals surface area contributed by atoms with Gasteiger partial charge in [0.2, 0.25) is 0 Å². The number of hydrogen-bond donors (Lipinski definition) is 0. The van der Waals surface area contributed by atoms with Crippen LogP contribution in [0.4, 0.5) is 0 Å². The number of hydrogen-bond acceptors (Lipinski definition) is 0. The summed E-state index contributed by atoms with van der Waals surface area (Å²) < 4.78 is 0. The second-order valence-corrected chi connectivity index (χ2v) is 7.73. The third-order valence-electron chi connectivity index (χ3n) is 6.70. The highest BCUT2D eigenvalue weighted by Crippen LogP contribution is 2.69. The Balaban J connectivity index is 2.36. The number of rotatable bonds is 3. The first-order chi connectivity index (χ1) is 7.89. The van der Waals surface area contributed by atoms with Crippen molar-refractivity contribution in [1.29, 1.82) is 0 Å². The molecule has 0 heteroatoms. The van der Waals surface area contributed by atoms with E-state index in [9.17, 15) is 0 Å². The molecule has 0 aromatic heterocycles. The van der Waals surface area contributed by atoms with E-state index in [-0.39, 0.29) is 0 Å². The maximum absolute atomic E-state index is 2.51. The van der Waals surface area contributed by atoms with Crippen molar-refractivity contribution >= 4 is 0 Å². The lowest BCUT2D eigenvalue weighted by Gasteiger charge is -2.67. The summed E-state index contributed by atoms with van der Waals surface area (Å²) in [5, 5.41) is 0. The lowest BCUT2D eigenvalue weighted by atomic mass is 9.38. The minimum absolute atomic E-state index is 0.653. The zero-order chi connectivity index (χ0) is 12.8. The van der Waals surface area contributed by atoms with Crippen LogP contribution in [-0.2, 0) is 0 Å². The predicted octanol–water partition coefficient (Wildman–Crippen LogP) is 5.52. The van der Waals surface area contributed by atoms with Gasteiger partial charge in [0.15, 0.2) is 0 Å². The summed E-state index contributed by atoms with van der Waals surface area (Å²) in [6.07, 6.45) is 7.41. The Morgan fingerprint density at radius 2 is 1.71 bits per heavy atom. The van der Waals surface area contributed by atoms with Crippen LogP contribution in [0.25, 0.3) is 0 Å². The van der Waals surface area contributed by atoms with Gasteiger partial charge in [-0.05, 0) is 66.6 Å². The first-order valence-electron chi connectivity index (χ1n) is 7.89. The zero-order valence-corrected chi connectivity index (χ0v) is 12.8. The summed E-state index contributed by atoms with van der Waals surface area (Å²) in [4.78, 5) is 0. The third kappa shape index (κ3) is 1.70. The van der Waals surface area contributed by atoms with Gasteiger partial charge in [-0.25, -0.2) is 0 Å². The molecule has 0 bridgehead atoms. The van der Waals surface area contributed by atoms with Gasteiger partial charge in [0, 0.05) is 0 Å². The average Bonchev–Trinajstić information content (AvgIpc) is 2.20. The summed E-state index contributed by atoms with van der Waals surface area (Å²) >= 11 is 0. The molecule has 0 aromatic carbocycles. The van der Waals surface area contributed by atoms with Crippen molar-refractivity contribution < 1.29 is 0 Å². The van der Waals surface area contributed by atoms with E-state index in [2.05, 4.69) is 41.5 Å². The van der Waals surface area contributed by atoms with Crippen molar-refractivity contribution in [3.05, 3.63) is 0 Å². The molecule has 0 nitrogen and oxygen atoms in total. The molecule has 0 amide bonds. The minimum Gasteiger partial charge on any atom is -0.0648 e. The molecule has 0 spiro atoms. The van der Waals surface area contributed by atoms with Gasteiger partial charge < -0.3 is 0 Å². The summed E-state index contributed by atoms with van der Waals surface area (Å²) in [5.41, 5.74) is 1.36. The van der Waals surface area contributed by atoms with E-state index in [0.29, 0.717) is 10.8 Å². The largest absolute Gasteiger partial charge is 0.0648 e. The van der Waals surface area contributed by atoms with Crippen LogP contribution in [-0.4, -0.2) is 0 Å². The van der Waals surface area contributed by atoms with Gasteiger partial charge in [0.25, 0.3) is 0 Å². The van der Waals surface area contributed by atoms with E-state index in [4.69, 9.17) is 0 Å². The maximum Gasteiger partial charge on any atom is -0.0238 e. The molecule has 0 aromatic rings. The molecule has 2 aliphatic rings. The fourth-order valence-corrected chi connectivity index (χ4v) is 5.64. The van der Waals surface area contributed by atoms with Crippen molar-refractivity contribution in [2.45, 2.75) is 73.6 Å². The third-order valence-corrected chi connectivity index (χ3v) is 6.70. The van der Waals surface area contributed by atoms with Crippen LogP contribution in [0.1, 0.15) is 73.6 Å². The van der Waals surface area contributed by atoms with Gasteiger partial charge in [-0.15, -0.1) is 0 Å². The van der Waals surface area contributed by atoms with Gasteiger partial charge >= 0.3 is 0 Å². The van der Waals surface area contributed by atoms with Crippen molar-refractivity contribution in [2.75, 3.05) is 0 Å². The molecule has 2 fully saturated rings. The van der Waals surface area contributed by atoms with Gasteiger partial charge in [0.05, 0.1) is 0 Å². The van der Waals surface area contributed by atoms with Crippen LogP contribution in [0.5, 0.6) is 0 Å². The van der Waals surface area contributed by atoms with Gasteiger partial charge in [-0.3, -0.25) is 0 Å². The Kier molecular flexibility index (Phi) is 3.38. The second kappa shape index (κ2) is 4.28. The Morgan fingerprint density at radius 3 is 2.06 bits per heavy atom. The van der Waals surface area contributed by atoms with Gasteiger partial charge in [0.1, 0.15) is 0 Å². The molecule has 0 N–H and O–H groups in total. The fraction of sp³-hybridized carbons (Fsp3) is 1.00. The molecule has 100 valence electrons. The normalized spacial score (nSPS) is 45.9. The highest BCUT2D eigenvalue weighted by atomic mass is 14.7. The lowest BCUT2D eigenvalue weighted by Crippen LogP contribution is -2.58. The lowest BCUT2D eigenvalue weighted by molar-refractivity contribution is -0.175. The molecule has 0 heterocycles. The first-order valence-corrected chi connectivity index (χ1v) is 7.89. The average molecular weight is 236 g/mol. The Morgan fingerprint density at radius 1 is 1.06 bits per heavy atom. The SMILES string of the molecule is CCC1(C(C)C)CC(C)CC2(C(C)C)CCC12. The molecule has 4 unspecified atom stereocenters. The van der Waals surface area contributed by atoms with Crippen LogP contribution in [0.2, 0.25) is 0 Å². The highest BCUT2D eigenvalue weighted by Gasteiger charge is 2.61. The van der Waals surface area contributed by atoms with Crippen molar-refractivity contribution in [1.82, 2.24) is 0 Å². The standard InChI is InChI=1S/C17H32/c1-7-16(12(2)3)10-14(6)11-17(13(4)5)9-8-15(16)17/h12-15H,7-11H2,1-6H3. The highest BCUT2D eigenvalue weighted by molar-refractivity contribution is 5.10. The zero-order valence-electron chi connectivity index (χ0n) is 12.8. The molecular weight excluding hydrogens is 204 g/mol. The Bertz CT molecular complexity index is 278. The van der Waals surface area contributed by atoms with Crippen molar-refractivity contribution in [3.8, 4) is 0 Å². The number of fused-ring (bicyclic) bond motifs is 1. The van der Waals surface area contributed by atoms with Crippen molar-refractivity contribution in [2.24, 2.45) is 34.5 Å². The van der Waals surface area contributed by atoms with Crippen LogP contribution in [0.15, 0.2) is 0 Å². The molecule has 2 saturated carbocycles. The van der Waals surface area contributed by atoms with Crippen molar-refractivity contribution in [3.63, 3.8) is 0 Å². The summed E-state index contributed by atoms with van der Waals surface area (Å²) in [5.74, 6) is 3.71. The molecule has 2 rings (SSSR count). The van der Waals surface area contributed by atoms with Gasteiger partial charge in [-0.2, -0.15) is 0 Å². The van der Waals surface area contributed by atoms with E-state index < -0.39 is 0 Å².